The number of benzene rings is 2. The van der Waals surface area contributed by atoms with E-state index < -0.39 is 30.8 Å². The summed E-state index contributed by atoms with van der Waals surface area (Å²) in [6.07, 6.45) is 0.948. The van der Waals surface area contributed by atoms with Gasteiger partial charge in [0, 0.05) is 5.02 Å². The van der Waals surface area contributed by atoms with Crippen molar-refractivity contribution < 1.29 is 21.2 Å². The van der Waals surface area contributed by atoms with E-state index in [1.54, 1.807) is 0 Å². The van der Waals surface area contributed by atoms with Crippen LogP contribution in [0.25, 0.3) is 0 Å². The van der Waals surface area contributed by atoms with Gasteiger partial charge >= 0.3 is 0 Å². The lowest BCUT2D eigenvalue weighted by atomic mass is 10.3. The molecule has 0 amide bonds. The molecule has 0 unspecified atom stereocenters. The Morgan fingerprint density at radius 2 is 1.62 bits per heavy atom. The van der Waals surface area contributed by atoms with Crippen LogP contribution in [0.2, 0.25) is 10.0 Å². The summed E-state index contributed by atoms with van der Waals surface area (Å²) in [6.45, 7) is 0. The third kappa shape index (κ3) is 4.73. The third-order valence-electron chi connectivity index (χ3n) is 2.70. The fraction of sp³-hybridized carbons (Fsp3) is 0.0769. The fourth-order valence-corrected chi connectivity index (χ4v) is 3.89. The van der Waals surface area contributed by atoms with E-state index in [4.69, 9.17) is 23.2 Å². The van der Waals surface area contributed by atoms with Crippen molar-refractivity contribution in [3.63, 3.8) is 0 Å². The number of hydrogen-bond acceptors (Lipinski definition) is 4. The van der Waals surface area contributed by atoms with Crippen LogP contribution in [0.3, 0.4) is 0 Å². The van der Waals surface area contributed by atoms with Crippen LogP contribution in [0.15, 0.2) is 41.3 Å². The second-order valence-electron chi connectivity index (χ2n) is 4.75. The van der Waals surface area contributed by atoms with E-state index in [1.165, 1.54) is 24.3 Å². The second-order valence-corrected chi connectivity index (χ2v) is 8.99. The highest BCUT2D eigenvalue weighted by Gasteiger charge is 2.20. The molecule has 6 nitrogen and oxygen atoms in total. The number of anilines is 2. The first kappa shape index (κ1) is 18.8. The molecule has 0 aliphatic rings. The summed E-state index contributed by atoms with van der Waals surface area (Å²) in [6, 6.07) is 6.90. The molecular weight excluding hydrogens is 402 g/mol. The fourth-order valence-electron chi connectivity index (χ4n) is 1.76. The first-order valence-electron chi connectivity index (χ1n) is 6.23. The van der Waals surface area contributed by atoms with Gasteiger partial charge in [0.15, 0.2) is 0 Å². The van der Waals surface area contributed by atoms with Gasteiger partial charge in [0.2, 0.25) is 10.0 Å². The number of rotatable bonds is 5. The van der Waals surface area contributed by atoms with Gasteiger partial charge in [-0.3, -0.25) is 9.44 Å². The molecular formula is C13H11Cl2FN2O4S2. The van der Waals surface area contributed by atoms with E-state index in [0.717, 1.165) is 18.4 Å². The highest BCUT2D eigenvalue weighted by molar-refractivity contribution is 7.92. The average molecular weight is 413 g/mol. The second kappa shape index (κ2) is 6.75. The van der Waals surface area contributed by atoms with E-state index in [2.05, 4.69) is 9.44 Å². The maximum Gasteiger partial charge on any atom is 0.264 e. The van der Waals surface area contributed by atoms with Crippen molar-refractivity contribution in [3.8, 4) is 0 Å². The van der Waals surface area contributed by atoms with Crippen molar-refractivity contribution >= 4 is 54.6 Å². The third-order valence-corrected chi connectivity index (χ3v) is 5.25. The minimum Gasteiger partial charge on any atom is -0.282 e. The van der Waals surface area contributed by atoms with Crippen molar-refractivity contribution in [2.45, 2.75) is 4.90 Å². The van der Waals surface area contributed by atoms with Gasteiger partial charge in [-0.15, -0.1) is 0 Å². The molecule has 11 heteroatoms. The number of halogens is 3. The van der Waals surface area contributed by atoms with E-state index >= 15 is 0 Å². The Morgan fingerprint density at radius 3 is 2.17 bits per heavy atom. The summed E-state index contributed by atoms with van der Waals surface area (Å²) < 4.78 is 64.9. The summed E-state index contributed by atoms with van der Waals surface area (Å²) in [4.78, 5) is -0.582. The molecule has 0 saturated carbocycles. The monoisotopic (exact) mass is 412 g/mol. The molecule has 0 fully saturated rings. The maximum absolute atomic E-state index is 13.8. The van der Waals surface area contributed by atoms with E-state index in [9.17, 15) is 21.2 Å². The Labute approximate surface area is 148 Å². The standard InChI is InChI=1S/C13H11Cl2FN2O4S2/c1-23(19,20)18-12-4-3-9(7-10(12)15)17-24(21,22)13-5-2-8(14)6-11(13)16/h2-7,17-18H,1H3. The molecule has 24 heavy (non-hydrogen) atoms. The number of hydrogen-bond donors (Lipinski definition) is 2. The van der Waals surface area contributed by atoms with Crippen LogP contribution in [0.4, 0.5) is 15.8 Å². The van der Waals surface area contributed by atoms with Gasteiger partial charge in [-0.05, 0) is 36.4 Å². The van der Waals surface area contributed by atoms with Gasteiger partial charge in [-0.25, -0.2) is 21.2 Å². The van der Waals surface area contributed by atoms with Crippen LogP contribution in [-0.4, -0.2) is 23.1 Å². The molecule has 0 bridgehead atoms. The molecule has 2 aromatic rings. The smallest absolute Gasteiger partial charge is 0.264 e. The van der Waals surface area contributed by atoms with Crippen LogP contribution in [0, 0.1) is 5.82 Å². The van der Waals surface area contributed by atoms with Crippen LogP contribution in [0.1, 0.15) is 0 Å². The van der Waals surface area contributed by atoms with Crippen molar-refractivity contribution in [2.24, 2.45) is 0 Å². The first-order valence-corrected chi connectivity index (χ1v) is 10.4. The zero-order valence-corrected chi connectivity index (χ0v) is 15.2. The Morgan fingerprint density at radius 1 is 0.958 bits per heavy atom. The van der Waals surface area contributed by atoms with Crippen molar-refractivity contribution in [2.75, 3.05) is 15.7 Å². The summed E-state index contributed by atoms with van der Waals surface area (Å²) in [7, 11) is -7.74. The van der Waals surface area contributed by atoms with Crippen molar-refractivity contribution in [1.29, 1.82) is 0 Å². The summed E-state index contributed by atoms with van der Waals surface area (Å²) in [5.41, 5.74) is 0.119. The molecule has 130 valence electrons. The number of sulfonamides is 2. The molecule has 0 aliphatic carbocycles. The average Bonchev–Trinajstić information content (AvgIpc) is 2.39. The summed E-state index contributed by atoms with van der Waals surface area (Å²) in [5.74, 6) is -1.00. The van der Waals surface area contributed by atoms with E-state index in [1.807, 2.05) is 0 Å². The predicted octanol–water partition coefficient (Wildman–Crippen LogP) is 3.30. The molecule has 0 aliphatic heterocycles. The van der Waals surface area contributed by atoms with Crippen LogP contribution in [-0.2, 0) is 20.0 Å². The molecule has 0 spiro atoms. The highest BCUT2D eigenvalue weighted by atomic mass is 35.5. The molecule has 0 heterocycles. The Kier molecular flexibility index (Phi) is 5.28. The quantitative estimate of drug-likeness (QED) is 0.787. The lowest BCUT2D eigenvalue weighted by Crippen LogP contribution is -2.15. The van der Waals surface area contributed by atoms with Gasteiger partial charge in [0.25, 0.3) is 10.0 Å². The van der Waals surface area contributed by atoms with Gasteiger partial charge in [-0.2, -0.15) is 0 Å². The number of nitrogens with one attached hydrogen (secondary N) is 2. The summed E-state index contributed by atoms with van der Waals surface area (Å²) >= 11 is 11.5. The van der Waals surface area contributed by atoms with E-state index in [-0.39, 0.29) is 21.4 Å². The van der Waals surface area contributed by atoms with Crippen molar-refractivity contribution in [1.82, 2.24) is 0 Å². The van der Waals surface area contributed by atoms with Gasteiger partial charge < -0.3 is 0 Å². The SMILES string of the molecule is CS(=O)(=O)Nc1ccc(NS(=O)(=O)c2ccc(Cl)cc2F)cc1Cl. The molecule has 2 aromatic carbocycles. The van der Waals surface area contributed by atoms with Gasteiger partial charge in [0.05, 0.1) is 22.7 Å². The molecule has 0 aromatic heterocycles. The summed E-state index contributed by atoms with van der Waals surface area (Å²) in [5, 5.41) is 0.0305. The van der Waals surface area contributed by atoms with Crippen LogP contribution >= 0.6 is 23.2 Å². The first-order chi connectivity index (χ1) is 11.0. The maximum atomic E-state index is 13.8. The minimum absolute atomic E-state index is 0.0304. The zero-order chi connectivity index (χ0) is 18.1. The zero-order valence-electron chi connectivity index (χ0n) is 12.0. The topological polar surface area (TPSA) is 92.3 Å². The van der Waals surface area contributed by atoms with Gasteiger partial charge in [-0.1, -0.05) is 23.2 Å². The van der Waals surface area contributed by atoms with Crippen LogP contribution in [0.5, 0.6) is 0 Å². The molecule has 0 atom stereocenters. The van der Waals surface area contributed by atoms with E-state index in [0.29, 0.717) is 0 Å². The molecule has 2 rings (SSSR count). The lowest BCUT2D eigenvalue weighted by molar-refractivity contribution is 0.570. The highest BCUT2D eigenvalue weighted by Crippen LogP contribution is 2.28. The minimum atomic E-state index is -4.21. The predicted molar refractivity (Wildman–Crippen MR) is 92.1 cm³/mol. The molecule has 2 N–H and O–H groups in total. The van der Waals surface area contributed by atoms with Crippen LogP contribution < -0.4 is 9.44 Å². The molecule has 0 saturated heterocycles. The van der Waals surface area contributed by atoms with Crippen molar-refractivity contribution in [3.05, 3.63) is 52.3 Å². The lowest BCUT2D eigenvalue weighted by Gasteiger charge is -2.11. The Bertz CT molecular complexity index is 995. The molecule has 0 radical (unpaired) electrons. The normalized spacial score (nSPS) is 12.0. The van der Waals surface area contributed by atoms with Gasteiger partial charge in [0.1, 0.15) is 10.7 Å². The Balaban J connectivity index is 2.32. The largest absolute Gasteiger partial charge is 0.282 e. The Hall–Kier alpha value is -1.55.